The molecule has 1 aliphatic heterocycles. The lowest BCUT2D eigenvalue weighted by Gasteiger charge is -2.14. The van der Waals surface area contributed by atoms with E-state index < -0.39 is 0 Å². The zero-order valence-electron chi connectivity index (χ0n) is 12.2. The van der Waals surface area contributed by atoms with Crippen molar-refractivity contribution < 1.29 is 4.79 Å². The summed E-state index contributed by atoms with van der Waals surface area (Å²) in [6.07, 6.45) is 1.93. The normalized spacial score (nSPS) is 16.6. The van der Waals surface area contributed by atoms with E-state index in [9.17, 15) is 4.79 Å². The summed E-state index contributed by atoms with van der Waals surface area (Å²) in [5, 5.41) is 0. The molecule has 0 N–H and O–H groups in total. The van der Waals surface area contributed by atoms with Gasteiger partial charge in [-0.3, -0.25) is 9.69 Å². The lowest BCUT2D eigenvalue weighted by atomic mass is 10.1. The highest BCUT2D eigenvalue weighted by atomic mass is 32.2. The molecule has 0 spiro atoms. The van der Waals surface area contributed by atoms with E-state index >= 15 is 0 Å². The Morgan fingerprint density at radius 1 is 1.09 bits per heavy atom. The minimum absolute atomic E-state index is 0.0119. The van der Waals surface area contributed by atoms with Gasteiger partial charge in [0.05, 0.1) is 11.4 Å². The van der Waals surface area contributed by atoms with E-state index in [0.29, 0.717) is 15.8 Å². The van der Waals surface area contributed by atoms with Crippen LogP contribution >= 0.6 is 24.0 Å². The lowest BCUT2D eigenvalue weighted by molar-refractivity contribution is -0.122. The summed E-state index contributed by atoms with van der Waals surface area (Å²) < 4.78 is 0.619. The fourth-order valence-electron chi connectivity index (χ4n) is 2.29. The number of benzene rings is 2. The van der Waals surface area contributed by atoms with Crippen molar-refractivity contribution in [1.29, 1.82) is 0 Å². The molecule has 2 nitrogen and oxygen atoms in total. The third kappa shape index (κ3) is 3.13. The van der Waals surface area contributed by atoms with Crippen molar-refractivity contribution in [2.24, 2.45) is 0 Å². The molecule has 1 aliphatic rings. The molecule has 0 radical (unpaired) electrons. The number of thioether (sulfide) groups is 1. The molecule has 2 aromatic carbocycles. The van der Waals surface area contributed by atoms with Crippen LogP contribution in [0.15, 0.2) is 59.5 Å². The minimum atomic E-state index is -0.0119. The molecule has 1 heterocycles. The van der Waals surface area contributed by atoms with E-state index in [1.807, 2.05) is 67.6 Å². The Labute approximate surface area is 139 Å². The van der Waals surface area contributed by atoms with E-state index in [-0.39, 0.29) is 5.91 Å². The van der Waals surface area contributed by atoms with Gasteiger partial charge in [0.25, 0.3) is 5.91 Å². The quantitative estimate of drug-likeness (QED) is 0.616. The maximum Gasteiger partial charge on any atom is 0.266 e. The molecule has 1 amide bonds. The number of rotatable bonds is 3. The summed E-state index contributed by atoms with van der Waals surface area (Å²) in [5.74, 6) is -0.0119. The number of nitrogens with zero attached hydrogens (tertiary/aromatic N) is 1. The summed E-state index contributed by atoms with van der Waals surface area (Å²) in [7, 11) is 0. The van der Waals surface area contributed by atoms with Gasteiger partial charge in [0.15, 0.2) is 0 Å². The van der Waals surface area contributed by atoms with Crippen LogP contribution in [0.5, 0.6) is 0 Å². The second-order valence-corrected chi connectivity index (χ2v) is 6.79. The number of hydrogen-bond acceptors (Lipinski definition) is 3. The summed E-state index contributed by atoms with van der Waals surface area (Å²) in [4.78, 5) is 14.9. The predicted octanol–water partition coefficient (Wildman–Crippen LogP) is 4.40. The van der Waals surface area contributed by atoms with Crippen LogP contribution in [0.1, 0.15) is 16.7 Å². The fourth-order valence-corrected chi connectivity index (χ4v) is 3.54. The highest BCUT2D eigenvalue weighted by Gasteiger charge is 2.31. The van der Waals surface area contributed by atoms with Gasteiger partial charge in [-0.05, 0) is 29.7 Å². The maximum atomic E-state index is 12.6. The van der Waals surface area contributed by atoms with E-state index in [1.54, 1.807) is 4.90 Å². The molecule has 3 rings (SSSR count). The molecule has 0 unspecified atom stereocenters. The van der Waals surface area contributed by atoms with Crippen LogP contribution in [0, 0.1) is 6.92 Å². The Hall–Kier alpha value is -1.91. The Morgan fingerprint density at radius 2 is 1.77 bits per heavy atom. The largest absolute Gasteiger partial charge is 0.288 e. The van der Waals surface area contributed by atoms with Crippen molar-refractivity contribution in [2.45, 2.75) is 13.5 Å². The lowest BCUT2D eigenvalue weighted by Crippen LogP contribution is -2.27. The predicted molar refractivity (Wildman–Crippen MR) is 96.3 cm³/mol. The first-order valence-electron chi connectivity index (χ1n) is 7.00. The molecule has 0 atom stereocenters. The van der Waals surface area contributed by atoms with Gasteiger partial charge < -0.3 is 0 Å². The van der Waals surface area contributed by atoms with Gasteiger partial charge in [0.1, 0.15) is 4.32 Å². The van der Waals surface area contributed by atoms with Gasteiger partial charge in [-0.1, -0.05) is 78.6 Å². The average molecular weight is 325 g/mol. The molecule has 2 aromatic rings. The number of carbonyl (C=O) groups excluding carboxylic acids is 1. The van der Waals surface area contributed by atoms with Gasteiger partial charge in [0.2, 0.25) is 0 Å². The molecule has 1 saturated heterocycles. The zero-order valence-corrected chi connectivity index (χ0v) is 13.8. The molecule has 4 heteroatoms. The number of thiocarbonyl (C=S) groups is 1. The van der Waals surface area contributed by atoms with Crippen molar-refractivity contribution in [2.75, 3.05) is 0 Å². The van der Waals surface area contributed by atoms with E-state index in [4.69, 9.17) is 12.2 Å². The molecule has 0 bridgehead atoms. The Bertz CT molecular complexity index is 753. The molecular weight excluding hydrogens is 310 g/mol. The molecule has 0 aliphatic carbocycles. The van der Waals surface area contributed by atoms with Gasteiger partial charge >= 0.3 is 0 Å². The van der Waals surface area contributed by atoms with Gasteiger partial charge in [-0.15, -0.1) is 0 Å². The van der Waals surface area contributed by atoms with Gasteiger partial charge in [-0.25, -0.2) is 0 Å². The summed E-state index contributed by atoms with van der Waals surface area (Å²) in [6, 6.07) is 17.9. The fraction of sp³-hybridized carbons (Fsp3) is 0.111. The van der Waals surface area contributed by atoms with Crippen molar-refractivity contribution >= 4 is 40.3 Å². The first-order chi connectivity index (χ1) is 10.6. The van der Waals surface area contributed by atoms with E-state index in [0.717, 1.165) is 16.7 Å². The Balaban J connectivity index is 1.84. The first kappa shape index (κ1) is 15.0. The van der Waals surface area contributed by atoms with Crippen LogP contribution in [0.4, 0.5) is 0 Å². The van der Waals surface area contributed by atoms with Crippen LogP contribution in [0.2, 0.25) is 0 Å². The van der Waals surface area contributed by atoms with E-state index in [2.05, 4.69) is 0 Å². The van der Waals surface area contributed by atoms with Crippen molar-refractivity contribution in [3.8, 4) is 0 Å². The number of hydrogen-bond donors (Lipinski definition) is 0. The highest BCUT2D eigenvalue weighted by Crippen LogP contribution is 2.33. The molecule has 110 valence electrons. The second kappa shape index (κ2) is 6.46. The summed E-state index contributed by atoms with van der Waals surface area (Å²) >= 11 is 6.74. The number of carbonyl (C=O) groups is 1. The Kier molecular flexibility index (Phi) is 4.41. The number of amides is 1. The second-order valence-electron chi connectivity index (χ2n) is 5.11. The summed E-state index contributed by atoms with van der Waals surface area (Å²) in [6.45, 7) is 2.56. The molecule has 22 heavy (non-hydrogen) atoms. The third-order valence-corrected chi connectivity index (χ3v) is 4.91. The van der Waals surface area contributed by atoms with Crippen molar-refractivity contribution in [3.63, 3.8) is 0 Å². The molecule has 0 saturated carbocycles. The van der Waals surface area contributed by atoms with Crippen LogP contribution in [-0.2, 0) is 11.3 Å². The topological polar surface area (TPSA) is 20.3 Å². The van der Waals surface area contributed by atoms with E-state index in [1.165, 1.54) is 11.8 Å². The third-order valence-electron chi connectivity index (χ3n) is 3.53. The van der Waals surface area contributed by atoms with Crippen molar-refractivity contribution in [3.05, 3.63) is 76.2 Å². The van der Waals surface area contributed by atoms with Crippen LogP contribution in [0.3, 0.4) is 0 Å². The molecule has 0 aromatic heterocycles. The zero-order chi connectivity index (χ0) is 15.5. The standard InChI is InChI=1S/C18H15NOS2/c1-13-7-5-6-10-15(13)11-16-17(20)19(18(21)22-16)12-14-8-3-2-4-9-14/h2-11H,12H2,1H3/b16-11-. The first-order valence-corrected chi connectivity index (χ1v) is 8.22. The summed E-state index contributed by atoms with van der Waals surface area (Å²) in [5.41, 5.74) is 3.29. The highest BCUT2D eigenvalue weighted by molar-refractivity contribution is 8.26. The number of aryl methyl sites for hydroxylation is 1. The minimum Gasteiger partial charge on any atom is -0.288 e. The van der Waals surface area contributed by atoms with Crippen LogP contribution in [0.25, 0.3) is 6.08 Å². The Morgan fingerprint density at radius 3 is 2.50 bits per heavy atom. The van der Waals surface area contributed by atoms with Gasteiger partial charge in [-0.2, -0.15) is 0 Å². The van der Waals surface area contributed by atoms with Crippen LogP contribution < -0.4 is 0 Å². The maximum absolute atomic E-state index is 12.6. The SMILES string of the molecule is Cc1ccccc1/C=C1\SC(=S)N(Cc2ccccc2)C1=O. The van der Waals surface area contributed by atoms with Gasteiger partial charge in [0, 0.05) is 0 Å². The smallest absolute Gasteiger partial charge is 0.266 e. The van der Waals surface area contributed by atoms with Crippen LogP contribution in [-0.4, -0.2) is 15.1 Å². The average Bonchev–Trinajstić information content (AvgIpc) is 2.78. The van der Waals surface area contributed by atoms with Crippen molar-refractivity contribution in [1.82, 2.24) is 4.90 Å². The molecular formula is C18H15NOS2. The monoisotopic (exact) mass is 325 g/mol. The molecule has 1 fully saturated rings.